The second kappa shape index (κ2) is 6.64. The van der Waals surface area contributed by atoms with Gasteiger partial charge < -0.3 is 0 Å². The van der Waals surface area contributed by atoms with Gasteiger partial charge in [-0.05, 0) is 18.8 Å². The molecule has 0 aliphatic heterocycles. The molecule has 0 N–H and O–H groups in total. The average molecular weight is 192 g/mol. The fourth-order valence-electron chi connectivity index (χ4n) is 1.28. The van der Waals surface area contributed by atoms with Crippen LogP contribution in [0.15, 0.2) is 30.3 Å². The van der Waals surface area contributed by atoms with Crippen molar-refractivity contribution in [2.24, 2.45) is 5.41 Å². The van der Waals surface area contributed by atoms with Crippen LogP contribution in [-0.4, -0.2) is 0 Å². The largest absolute Gasteiger partial charge is 0.0654 e. The quantitative estimate of drug-likeness (QED) is 0.598. The first-order valence-electron chi connectivity index (χ1n) is 5.47. The summed E-state index contributed by atoms with van der Waals surface area (Å²) in [6.07, 6.45) is 2.65. The monoisotopic (exact) mass is 192 g/mol. The van der Waals surface area contributed by atoms with Crippen molar-refractivity contribution < 1.29 is 0 Å². The van der Waals surface area contributed by atoms with Gasteiger partial charge in [0.15, 0.2) is 0 Å². The van der Waals surface area contributed by atoms with Crippen LogP contribution in [0.3, 0.4) is 0 Å². The highest BCUT2D eigenvalue weighted by molar-refractivity contribution is 5.11. The molecule has 0 heteroatoms. The molecule has 14 heavy (non-hydrogen) atoms. The Morgan fingerprint density at radius 2 is 1.50 bits per heavy atom. The van der Waals surface area contributed by atoms with Crippen molar-refractivity contribution in [1.82, 2.24) is 0 Å². The molecule has 0 amide bonds. The summed E-state index contributed by atoms with van der Waals surface area (Å²) in [7, 11) is 0. The molecule has 0 radical (unpaired) electrons. The normalized spacial score (nSPS) is 10.4. The molecule has 0 saturated carbocycles. The van der Waals surface area contributed by atoms with Crippen molar-refractivity contribution in [3.05, 3.63) is 35.9 Å². The summed E-state index contributed by atoms with van der Waals surface area (Å²) in [4.78, 5) is 0. The molecular weight excluding hydrogens is 168 g/mol. The topological polar surface area (TPSA) is 0 Å². The smallest absolute Gasteiger partial charge is 0.0383 e. The third kappa shape index (κ3) is 9.31. The van der Waals surface area contributed by atoms with Gasteiger partial charge in [0.1, 0.15) is 0 Å². The summed E-state index contributed by atoms with van der Waals surface area (Å²) in [6.45, 7) is 11.1. The van der Waals surface area contributed by atoms with Gasteiger partial charge in [0.25, 0.3) is 0 Å². The van der Waals surface area contributed by atoms with Crippen LogP contribution in [0.4, 0.5) is 0 Å². The number of benzene rings is 1. The van der Waals surface area contributed by atoms with Gasteiger partial charge in [-0.3, -0.25) is 0 Å². The second-order valence-corrected chi connectivity index (χ2v) is 4.97. The van der Waals surface area contributed by atoms with E-state index in [1.54, 1.807) is 0 Å². The zero-order chi connectivity index (χ0) is 11.0. The van der Waals surface area contributed by atoms with Gasteiger partial charge in [-0.25, -0.2) is 0 Å². The Balaban J connectivity index is 0.000000241. The van der Waals surface area contributed by atoms with Gasteiger partial charge in [-0.1, -0.05) is 70.0 Å². The van der Waals surface area contributed by atoms with Crippen LogP contribution in [0.1, 0.15) is 46.1 Å². The van der Waals surface area contributed by atoms with Crippen molar-refractivity contribution in [2.75, 3.05) is 0 Å². The summed E-state index contributed by atoms with van der Waals surface area (Å²) in [5.74, 6) is 0. The summed E-state index contributed by atoms with van der Waals surface area (Å²) in [6, 6.07) is 10.3. The molecule has 80 valence electrons. The minimum absolute atomic E-state index is 0.550. The molecule has 0 aliphatic rings. The standard InChI is InChI=1S/C7H8.C7H16/c1-7-5-3-2-4-6-7;1-5-6-7(2,3)4/h2-6H,1H3;5-6H2,1-4H3. The predicted octanol–water partition coefficient (Wildman–Crippen LogP) is 4.83. The molecule has 0 bridgehead atoms. The van der Waals surface area contributed by atoms with Crippen LogP contribution in [0, 0.1) is 12.3 Å². The van der Waals surface area contributed by atoms with E-state index in [1.165, 1.54) is 18.4 Å². The predicted molar refractivity (Wildman–Crippen MR) is 65.5 cm³/mol. The van der Waals surface area contributed by atoms with Crippen molar-refractivity contribution in [1.29, 1.82) is 0 Å². The van der Waals surface area contributed by atoms with Crippen LogP contribution >= 0.6 is 0 Å². The van der Waals surface area contributed by atoms with Crippen LogP contribution in [0.5, 0.6) is 0 Å². The SMILES string of the molecule is CCCC(C)(C)C.Cc1ccccc1. The molecule has 0 heterocycles. The van der Waals surface area contributed by atoms with E-state index in [1.807, 2.05) is 18.2 Å². The van der Waals surface area contributed by atoms with Crippen molar-refractivity contribution >= 4 is 0 Å². The van der Waals surface area contributed by atoms with Crippen molar-refractivity contribution in [3.8, 4) is 0 Å². The Bertz CT molecular complexity index is 216. The van der Waals surface area contributed by atoms with Gasteiger partial charge in [0.05, 0.1) is 0 Å². The maximum Gasteiger partial charge on any atom is -0.0383 e. The molecule has 0 unspecified atom stereocenters. The van der Waals surface area contributed by atoms with E-state index in [4.69, 9.17) is 0 Å². The lowest BCUT2D eigenvalue weighted by Gasteiger charge is -2.15. The molecule has 1 aromatic carbocycles. The van der Waals surface area contributed by atoms with E-state index in [9.17, 15) is 0 Å². The lowest BCUT2D eigenvalue weighted by molar-refractivity contribution is 0.373. The average Bonchev–Trinajstić information content (AvgIpc) is 2.04. The van der Waals surface area contributed by atoms with E-state index in [2.05, 4.69) is 46.8 Å². The van der Waals surface area contributed by atoms with Crippen LogP contribution in [0.2, 0.25) is 0 Å². The van der Waals surface area contributed by atoms with Crippen LogP contribution in [-0.2, 0) is 0 Å². The molecule has 1 aromatic rings. The Kier molecular flexibility index (Phi) is 6.27. The highest BCUT2D eigenvalue weighted by atomic mass is 14.1. The fraction of sp³-hybridized carbons (Fsp3) is 0.571. The molecule has 0 aliphatic carbocycles. The Hall–Kier alpha value is -0.780. The van der Waals surface area contributed by atoms with Gasteiger partial charge >= 0.3 is 0 Å². The molecule has 0 atom stereocenters. The highest BCUT2D eigenvalue weighted by Crippen LogP contribution is 2.19. The highest BCUT2D eigenvalue weighted by Gasteiger charge is 2.06. The maximum absolute atomic E-state index is 2.27. The van der Waals surface area contributed by atoms with E-state index in [-0.39, 0.29) is 0 Å². The molecular formula is C14H24. The second-order valence-electron chi connectivity index (χ2n) is 4.97. The van der Waals surface area contributed by atoms with Crippen LogP contribution < -0.4 is 0 Å². The zero-order valence-electron chi connectivity index (χ0n) is 10.3. The summed E-state index contributed by atoms with van der Waals surface area (Å²) in [5.41, 5.74) is 1.87. The fourth-order valence-corrected chi connectivity index (χ4v) is 1.28. The summed E-state index contributed by atoms with van der Waals surface area (Å²) in [5, 5.41) is 0. The summed E-state index contributed by atoms with van der Waals surface area (Å²) < 4.78 is 0. The third-order valence-corrected chi connectivity index (χ3v) is 1.94. The number of rotatable bonds is 1. The first-order chi connectivity index (χ1) is 6.45. The van der Waals surface area contributed by atoms with Gasteiger partial charge in [0.2, 0.25) is 0 Å². The van der Waals surface area contributed by atoms with Gasteiger partial charge in [0, 0.05) is 0 Å². The lowest BCUT2D eigenvalue weighted by Crippen LogP contribution is -2.02. The minimum Gasteiger partial charge on any atom is -0.0654 e. The molecule has 0 fully saturated rings. The molecule has 0 saturated heterocycles. The Morgan fingerprint density at radius 1 is 1.00 bits per heavy atom. The van der Waals surface area contributed by atoms with Crippen LogP contribution in [0.25, 0.3) is 0 Å². The molecule has 0 aromatic heterocycles. The first-order valence-corrected chi connectivity index (χ1v) is 5.47. The molecule has 1 rings (SSSR count). The Labute approximate surface area is 89.4 Å². The third-order valence-electron chi connectivity index (χ3n) is 1.94. The lowest BCUT2D eigenvalue weighted by atomic mass is 9.91. The van der Waals surface area contributed by atoms with Gasteiger partial charge in [-0.2, -0.15) is 0 Å². The summed E-state index contributed by atoms with van der Waals surface area (Å²) >= 11 is 0. The van der Waals surface area contributed by atoms with Crippen molar-refractivity contribution in [3.63, 3.8) is 0 Å². The first kappa shape index (κ1) is 13.2. The minimum atomic E-state index is 0.550. The molecule has 0 nitrogen and oxygen atoms in total. The van der Waals surface area contributed by atoms with Crippen molar-refractivity contribution in [2.45, 2.75) is 47.5 Å². The molecule has 0 spiro atoms. The van der Waals surface area contributed by atoms with E-state index < -0.39 is 0 Å². The van der Waals surface area contributed by atoms with E-state index in [0.29, 0.717) is 5.41 Å². The number of aryl methyl sites for hydroxylation is 1. The van der Waals surface area contributed by atoms with Gasteiger partial charge in [-0.15, -0.1) is 0 Å². The zero-order valence-corrected chi connectivity index (χ0v) is 10.3. The van der Waals surface area contributed by atoms with E-state index in [0.717, 1.165) is 0 Å². The maximum atomic E-state index is 2.27. The Morgan fingerprint density at radius 3 is 1.64 bits per heavy atom. The number of hydrogen-bond donors (Lipinski definition) is 0. The number of hydrogen-bond acceptors (Lipinski definition) is 0. The van der Waals surface area contributed by atoms with E-state index >= 15 is 0 Å².